The third-order valence-electron chi connectivity index (χ3n) is 4.25. The molecule has 0 aliphatic rings. The third kappa shape index (κ3) is 8.83. The number of halogens is 5. The number of benzene rings is 1. The predicted octanol–water partition coefficient (Wildman–Crippen LogP) is 6.36. The minimum Gasteiger partial charge on any atom is -0.396 e. The number of hydrogen-bond acceptors (Lipinski definition) is 2. The molecule has 0 atom stereocenters. The van der Waals surface area contributed by atoms with Crippen LogP contribution in [-0.2, 0) is 0 Å². The van der Waals surface area contributed by atoms with Gasteiger partial charge in [-0.15, -0.1) is 0 Å². The van der Waals surface area contributed by atoms with Crippen molar-refractivity contribution in [3.05, 3.63) is 34.6 Å². The van der Waals surface area contributed by atoms with Crippen LogP contribution in [0.25, 0.3) is 0 Å². The van der Waals surface area contributed by atoms with Crippen LogP contribution in [-0.4, -0.2) is 23.2 Å². The van der Waals surface area contributed by atoms with Gasteiger partial charge in [0, 0.05) is 12.2 Å². The van der Waals surface area contributed by atoms with Crippen LogP contribution in [0.2, 0.25) is 0 Å². The Morgan fingerprint density at radius 1 is 0.607 bits per heavy atom. The zero-order chi connectivity index (χ0) is 20.8. The van der Waals surface area contributed by atoms with Crippen LogP contribution in [0, 0.1) is 40.9 Å². The molecule has 1 rings (SSSR count). The van der Waals surface area contributed by atoms with E-state index in [1.54, 1.807) is 11.8 Å². The zero-order valence-corrected chi connectivity index (χ0v) is 16.8. The number of thioether (sulfide) groups is 1. The fourth-order valence-electron chi connectivity index (χ4n) is 2.69. The van der Waals surface area contributed by atoms with Crippen LogP contribution < -0.4 is 0 Å². The molecule has 0 aromatic heterocycles. The molecule has 0 radical (unpaired) electrons. The van der Waals surface area contributed by atoms with Gasteiger partial charge in [-0.2, -0.15) is 11.8 Å². The fraction of sp³-hybridized carbons (Fsp3) is 0.619. The largest absolute Gasteiger partial charge is 0.396 e. The molecule has 7 heteroatoms. The summed E-state index contributed by atoms with van der Waals surface area (Å²) in [6.07, 6.45) is 10.1. The van der Waals surface area contributed by atoms with Crippen molar-refractivity contribution in [1.82, 2.24) is 0 Å². The summed E-state index contributed by atoms with van der Waals surface area (Å²) >= 11 is 1.78. The van der Waals surface area contributed by atoms with Gasteiger partial charge >= 0.3 is 0 Å². The lowest BCUT2D eigenvalue weighted by molar-refractivity contribution is 0.322. The standard InChI is InChI=1S/C21H27F5OS/c22-17-16(18(23)20(25)21(26)19(17)24)12-10-8-6-4-2-1-3-5-7-9-11-14-28-15-13-27/h27H,1-9,11,13-15H2. The van der Waals surface area contributed by atoms with E-state index in [2.05, 4.69) is 11.8 Å². The minimum atomic E-state index is -2.17. The number of aliphatic hydroxyl groups is 1. The Kier molecular flexibility index (Phi) is 13.0. The van der Waals surface area contributed by atoms with Crippen LogP contribution in [0.5, 0.6) is 0 Å². The van der Waals surface area contributed by atoms with Crippen molar-refractivity contribution in [2.24, 2.45) is 0 Å². The molecule has 0 amide bonds. The smallest absolute Gasteiger partial charge is 0.200 e. The highest BCUT2D eigenvalue weighted by Gasteiger charge is 2.24. The second kappa shape index (κ2) is 14.7. The molecule has 1 N–H and O–H groups in total. The van der Waals surface area contributed by atoms with Crippen molar-refractivity contribution in [2.75, 3.05) is 18.1 Å². The minimum absolute atomic E-state index is 0.243. The first-order valence-electron chi connectivity index (χ1n) is 9.69. The van der Waals surface area contributed by atoms with E-state index in [-0.39, 0.29) is 6.61 Å². The third-order valence-corrected chi connectivity index (χ3v) is 5.30. The molecular weight excluding hydrogens is 395 g/mol. The molecule has 1 aromatic rings. The molecule has 1 nitrogen and oxygen atoms in total. The van der Waals surface area contributed by atoms with Gasteiger partial charge in [0.05, 0.1) is 6.61 Å². The van der Waals surface area contributed by atoms with E-state index >= 15 is 0 Å². The molecule has 0 saturated heterocycles. The maximum absolute atomic E-state index is 13.4. The summed E-state index contributed by atoms with van der Waals surface area (Å²) in [7, 11) is 0. The molecular formula is C21H27F5OS. The maximum Gasteiger partial charge on any atom is 0.200 e. The fourth-order valence-corrected chi connectivity index (χ4v) is 3.43. The van der Waals surface area contributed by atoms with Crippen molar-refractivity contribution in [1.29, 1.82) is 0 Å². The molecule has 158 valence electrons. The van der Waals surface area contributed by atoms with Crippen molar-refractivity contribution in [3.8, 4) is 11.8 Å². The maximum atomic E-state index is 13.4. The molecule has 0 fully saturated rings. The van der Waals surface area contributed by atoms with Crippen LogP contribution in [0.1, 0.15) is 69.8 Å². The molecule has 0 heterocycles. The Bertz CT molecular complexity index is 625. The van der Waals surface area contributed by atoms with Crippen molar-refractivity contribution in [3.63, 3.8) is 0 Å². The summed E-state index contributed by atoms with van der Waals surface area (Å²) in [5.41, 5.74) is -1.06. The number of unbranched alkanes of at least 4 members (excludes halogenated alkanes) is 9. The van der Waals surface area contributed by atoms with E-state index in [0.717, 1.165) is 37.2 Å². The monoisotopic (exact) mass is 422 g/mol. The SMILES string of the molecule is OCCSCCCCCCCCCCCC#Cc1c(F)c(F)c(F)c(F)c1F. The lowest BCUT2D eigenvalue weighted by atomic mass is 10.1. The van der Waals surface area contributed by atoms with Crippen LogP contribution in [0.4, 0.5) is 22.0 Å². The second-order valence-electron chi connectivity index (χ2n) is 6.51. The number of rotatable bonds is 13. The Labute approximate surface area is 168 Å². The highest BCUT2D eigenvalue weighted by atomic mass is 32.2. The summed E-state index contributed by atoms with van der Waals surface area (Å²) < 4.78 is 66.0. The van der Waals surface area contributed by atoms with Gasteiger partial charge in [-0.3, -0.25) is 0 Å². The van der Waals surface area contributed by atoms with Gasteiger partial charge in [-0.25, -0.2) is 22.0 Å². The molecule has 1 aromatic carbocycles. The van der Waals surface area contributed by atoms with Gasteiger partial charge < -0.3 is 5.11 Å². The Morgan fingerprint density at radius 3 is 1.61 bits per heavy atom. The topological polar surface area (TPSA) is 20.2 Å². The quantitative estimate of drug-likeness (QED) is 0.131. The van der Waals surface area contributed by atoms with Crippen LogP contribution in [0.15, 0.2) is 0 Å². The van der Waals surface area contributed by atoms with E-state index < -0.39 is 34.6 Å². The first-order valence-corrected chi connectivity index (χ1v) is 10.8. The predicted molar refractivity (Wildman–Crippen MR) is 104 cm³/mol. The van der Waals surface area contributed by atoms with Crippen molar-refractivity contribution >= 4 is 11.8 Å². The molecule has 0 aliphatic carbocycles. The lowest BCUT2D eigenvalue weighted by Gasteiger charge is -2.02. The second-order valence-corrected chi connectivity index (χ2v) is 7.74. The molecule has 0 bridgehead atoms. The molecule has 0 spiro atoms. The van der Waals surface area contributed by atoms with Gasteiger partial charge in [0.2, 0.25) is 5.82 Å². The van der Waals surface area contributed by atoms with Gasteiger partial charge in [0.15, 0.2) is 23.3 Å². The first-order chi connectivity index (χ1) is 13.5. The van der Waals surface area contributed by atoms with Gasteiger partial charge in [-0.1, -0.05) is 56.8 Å². The summed E-state index contributed by atoms with van der Waals surface area (Å²) in [6, 6.07) is 0. The highest BCUT2D eigenvalue weighted by molar-refractivity contribution is 7.99. The molecule has 0 unspecified atom stereocenters. The average molecular weight is 423 g/mol. The van der Waals surface area contributed by atoms with Crippen LogP contribution in [0.3, 0.4) is 0 Å². The highest BCUT2D eigenvalue weighted by Crippen LogP contribution is 2.22. The van der Waals surface area contributed by atoms with E-state index in [4.69, 9.17) is 5.11 Å². The lowest BCUT2D eigenvalue weighted by Crippen LogP contribution is -2.04. The zero-order valence-electron chi connectivity index (χ0n) is 15.9. The van der Waals surface area contributed by atoms with Crippen LogP contribution >= 0.6 is 11.8 Å². The first kappa shape index (κ1) is 24.8. The Balaban J connectivity index is 2.12. The summed E-state index contributed by atoms with van der Waals surface area (Å²) in [5.74, 6) is -3.37. The number of aliphatic hydroxyl groups excluding tert-OH is 1. The molecule has 0 saturated carbocycles. The van der Waals surface area contributed by atoms with Gasteiger partial charge in [0.25, 0.3) is 0 Å². The van der Waals surface area contributed by atoms with Gasteiger partial charge in [0.1, 0.15) is 5.56 Å². The Morgan fingerprint density at radius 2 is 1.07 bits per heavy atom. The van der Waals surface area contributed by atoms with E-state index in [9.17, 15) is 22.0 Å². The summed E-state index contributed by atoms with van der Waals surface area (Å²) in [5, 5.41) is 8.66. The van der Waals surface area contributed by atoms with Gasteiger partial charge in [-0.05, 0) is 18.6 Å². The molecule has 0 aliphatic heterocycles. The normalized spacial score (nSPS) is 10.8. The van der Waals surface area contributed by atoms with Crippen molar-refractivity contribution < 1.29 is 27.1 Å². The molecule has 28 heavy (non-hydrogen) atoms. The summed E-state index contributed by atoms with van der Waals surface area (Å²) in [6.45, 7) is 0.243. The Hall–Kier alpha value is -1.26. The summed E-state index contributed by atoms with van der Waals surface area (Å²) in [4.78, 5) is 0. The van der Waals surface area contributed by atoms with E-state index in [1.807, 2.05) is 0 Å². The van der Waals surface area contributed by atoms with E-state index in [0.29, 0.717) is 6.42 Å². The average Bonchev–Trinajstić information content (AvgIpc) is 2.70. The van der Waals surface area contributed by atoms with E-state index in [1.165, 1.54) is 32.1 Å². The number of hydrogen-bond donors (Lipinski definition) is 1. The van der Waals surface area contributed by atoms with Crippen molar-refractivity contribution in [2.45, 2.75) is 64.2 Å².